The van der Waals surface area contributed by atoms with E-state index in [1.54, 1.807) is 36.4 Å². The van der Waals surface area contributed by atoms with Gasteiger partial charge >= 0.3 is 6.18 Å². The number of fused-ring (bicyclic) bond motifs is 1. The van der Waals surface area contributed by atoms with E-state index in [-0.39, 0.29) is 17.8 Å². The van der Waals surface area contributed by atoms with E-state index in [1.807, 2.05) is 0 Å². The van der Waals surface area contributed by atoms with Crippen LogP contribution in [0.15, 0.2) is 42.6 Å². The molecule has 0 unspecified atom stereocenters. The van der Waals surface area contributed by atoms with Crippen LogP contribution >= 0.6 is 11.6 Å². The first-order valence-corrected chi connectivity index (χ1v) is 10.8. The second kappa shape index (κ2) is 9.57. The van der Waals surface area contributed by atoms with Crippen LogP contribution in [0.5, 0.6) is 17.2 Å². The van der Waals surface area contributed by atoms with Gasteiger partial charge in [-0.3, -0.25) is 4.79 Å². The number of hydrogen-bond donors (Lipinski definition) is 2. The Bertz CT molecular complexity index is 1210. The van der Waals surface area contributed by atoms with Gasteiger partial charge in [-0.05, 0) is 42.0 Å². The lowest BCUT2D eigenvalue weighted by Gasteiger charge is -2.34. The summed E-state index contributed by atoms with van der Waals surface area (Å²) in [6, 6.07) is 6.70. The number of halogens is 4. The Morgan fingerprint density at radius 2 is 1.74 bits per heavy atom. The molecule has 4 rings (SSSR count). The molecule has 186 valence electrons. The van der Waals surface area contributed by atoms with E-state index in [0.29, 0.717) is 33.5 Å². The smallest absolute Gasteiger partial charge is 0.410 e. The fraction of sp³-hybridized carbons (Fsp3) is 0.304. The first-order valence-electron chi connectivity index (χ1n) is 10.4. The Balaban J connectivity index is 1.73. The van der Waals surface area contributed by atoms with Crippen molar-refractivity contribution >= 4 is 29.0 Å². The highest BCUT2D eigenvalue weighted by molar-refractivity contribution is 6.30. The maximum Gasteiger partial charge on any atom is 0.410 e. The van der Waals surface area contributed by atoms with Crippen LogP contribution in [0.2, 0.25) is 5.02 Å². The zero-order chi connectivity index (χ0) is 25.3. The summed E-state index contributed by atoms with van der Waals surface area (Å²) in [6.07, 6.45) is -3.86. The van der Waals surface area contributed by atoms with Crippen LogP contribution in [0.4, 0.5) is 24.7 Å². The topological polar surface area (TPSA) is 86.6 Å². The second-order valence-corrected chi connectivity index (χ2v) is 8.20. The Kier molecular flexibility index (Phi) is 6.70. The molecule has 8 nitrogen and oxygen atoms in total. The molecule has 2 heterocycles. The van der Waals surface area contributed by atoms with E-state index in [4.69, 9.17) is 25.8 Å². The first-order chi connectivity index (χ1) is 16.7. The molecule has 0 radical (unpaired) electrons. The zero-order valence-electron chi connectivity index (χ0n) is 18.9. The number of rotatable bonds is 6. The number of anilines is 2. The number of carbonyl (C=O) groups is 1. The quantitative estimate of drug-likeness (QED) is 0.457. The minimum Gasteiger partial charge on any atom is -0.493 e. The van der Waals surface area contributed by atoms with Crippen LogP contribution in [0, 0.1) is 0 Å². The number of ether oxygens (including phenoxy) is 3. The molecule has 12 heteroatoms. The van der Waals surface area contributed by atoms with Crippen molar-refractivity contribution in [3.05, 3.63) is 58.7 Å². The predicted molar refractivity (Wildman–Crippen MR) is 124 cm³/mol. The van der Waals surface area contributed by atoms with Crippen LogP contribution in [0.1, 0.15) is 34.4 Å². The third kappa shape index (κ3) is 4.81. The predicted octanol–water partition coefficient (Wildman–Crippen LogP) is 5.47. The lowest BCUT2D eigenvalue weighted by Crippen LogP contribution is -2.36. The van der Waals surface area contributed by atoms with Crippen LogP contribution in [-0.2, 0) is 0 Å². The van der Waals surface area contributed by atoms with Crippen molar-refractivity contribution in [3.63, 3.8) is 0 Å². The van der Waals surface area contributed by atoms with E-state index in [9.17, 15) is 18.0 Å². The van der Waals surface area contributed by atoms with Crippen LogP contribution in [0.3, 0.4) is 0 Å². The van der Waals surface area contributed by atoms with Gasteiger partial charge in [0.1, 0.15) is 11.4 Å². The molecule has 2 N–H and O–H groups in total. The van der Waals surface area contributed by atoms with Crippen molar-refractivity contribution in [2.75, 3.05) is 32.0 Å². The highest BCUT2D eigenvalue weighted by Crippen LogP contribution is 2.47. The van der Waals surface area contributed by atoms with Crippen molar-refractivity contribution in [1.29, 1.82) is 0 Å². The van der Waals surface area contributed by atoms with Crippen molar-refractivity contribution in [1.82, 2.24) is 9.78 Å². The standard InChI is InChI=1S/C23H22ClF3N4O4/c1-33-17-8-12(9-18(34-2)20(17)35-3)16-10-19(23(25,26)27)31-21(30-16)15(11-28-31)22(32)29-14-6-4-13(24)5-7-14/h4-9,11,16,19,30H,10H2,1-3H3,(H,29,32)/t16-,19+/m1/s1. The SMILES string of the molecule is COc1cc([C@H]2C[C@@H](C(F)(F)F)n3ncc(C(=O)Nc4ccc(Cl)cc4)c3N2)cc(OC)c1OC. The number of carbonyl (C=O) groups excluding carboxylic acids is 1. The molecule has 35 heavy (non-hydrogen) atoms. The molecule has 0 fully saturated rings. The van der Waals surface area contributed by atoms with Crippen molar-refractivity contribution < 1.29 is 32.2 Å². The summed E-state index contributed by atoms with van der Waals surface area (Å²) in [5.74, 6) is 0.241. The third-order valence-electron chi connectivity index (χ3n) is 5.67. The number of methoxy groups -OCH3 is 3. The molecule has 0 saturated heterocycles. The van der Waals surface area contributed by atoms with Gasteiger partial charge in [0.05, 0.1) is 33.6 Å². The van der Waals surface area contributed by atoms with Crippen molar-refractivity contribution in [3.8, 4) is 17.2 Å². The van der Waals surface area contributed by atoms with Gasteiger partial charge in [0.2, 0.25) is 5.75 Å². The number of amides is 1. The van der Waals surface area contributed by atoms with Gasteiger partial charge < -0.3 is 24.8 Å². The van der Waals surface area contributed by atoms with Gasteiger partial charge in [-0.1, -0.05) is 11.6 Å². The van der Waals surface area contributed by atoms with Crippen molar-refractivity contribution in [2.45, 2.75) is 24.7 Å². The highest BCUT2D eigenvalue weighted by Gasteiger charge is 2.47. The number of hydrogen-bond acceptors (Lipinski definition) is 6. The summed E-state index contributed by atoms with van der Waals surface area (Å²) in [6.45, 7) is 0. The molecule has 3 aromatic rings. The molecule has 1 aliphatic rings. The Morgan fingerprint density at radius 1 is 1.11 bits per heavy atom. The zero-order valence-corrected chi connectivity index (χ0v) is 19.7. The van der Waals surface area contributed by atoms with Crippen molar-refractivity contribution in [2.24, 2.45) is 0 Å². The average molecular weight is 511 g/mol. The molecule has 2 atom stereocenters. The maximum atomic E-state index is 14.0. The normalized spacial score (nSPS) is 17.2. The summed E-state index contributed by atoms with van der Waals surface area (Å²) < 4.78 is 58.9. The number of nitrogens with zero attached hydrogens (tertiary/aromatic N) is 2. The van der Waals surface area contributed by atoms with Gasteiger partial charge in [-0.15, -0.1) is 0 Å². The molecule has 0 aliphatic carbocycles. The van der Waals surface area contributed by atoms with Gasteiger partial charge in [-0.2, -0.15) is 18.3 Å². The van der Waals surface area contributed by atoms with Crippen LogP contribution in [-0.4, -0.2) is 43.2 Å². The lowest BCUT2D eigenvalue weighted by atomic mass is 9.95. The summed E-state index contributed by atoms with van der Waals surface area (Å²) in [7, 11) is 4.27. The summed E-state index contributed by atoms with van der Waals surface area (Å²) in [5.41, 5.74) is 0.861. The van der Waals surface area contributed by atoms with Gasteiger partial charge in [-0.25, -0.2) is 4.68 Å². The largest absolute Gasteiger partial charge is 0.493 e. The molecular weight excluding hydrogens is 489 g/mol. The molecule has 2 aromatic carbocycles. The van der Waals surface area contributed by atoms with E-state index in [2.05, 4.69) is 15.7 Å². The Hall–Kier alpha value is -3.60. The third-order valence-corrected chi connectivity index (χ3v) is 5.93. The Morgan fingerprint density at radius 3 is 2.29 bits per heavy atom. The maximum absolute atomic E-state index is 14.0. The minimum absolute atomic E-state index is 0.0358. The van der Waals surface area contributed by atoms with E-state index in [0.717, 1.165) is 10.9 Å². The molecule has 1 aliphatic heterocycles. The number of alkyl halides is 3. The first kappa shape index (κ1) is 24.5. The second-order valence-electron chi connectivity index (χ2n) is 7.76. The number of aromatic nitrogens is 2. The molecule has 0 spiro atoms. The number of nitrogens with one attached hydrogen (secondary N) is 2. The fourth-order valence-corrected chi connectivity index (χ4v) is 4.11. The number of benzene rings is 2. The van der Waals surface area contributed by atoms with E-state index >= 15 is 0 Å². The van der Waals surface area contributed by atoms with Crippen LogP contribution in [0.25, 0.3) is 0 Å². The van der Waals surface area contributed by atoms with Gasteiger partial charge in [0.25, 0.3) is 5.91 Å². The highest BCUT2D eigenvalue weighted by atomic mass is 35.5. The molecular formula is C23H22ClF3N4O4. The lowest BCUT2D eigenvalue weighted by molar-refractivity contribution is -0.173. The minimum atomic E-state index is -4.61. The van der Waals surface area contributed by atoms with Gasteiger partial charge in [0.15, 0.2) is 17.5 Å². The Labute approximate surface area is 203 Å². The van der Waals surface area contributed by atoms with Gasteiger partial charge in [0, 0.05) is 17.1 Å². The van der Waals surface area contributed by atoms with E-state index in [1.165, 1.54) is 21.3 Å². The summed E-state index contributed by atoms with van der Waals surface area (Å²) in [4.78, 5) is 12.9. The summed E-state index contributed by atoms with van der Waals surface area (Å²) >= 11 is 5.87. The summed E-state index contributed by atoms with van der Waals surface area (Å²) in [5, 5.41) is 10.1. The fourth-order valence-electron chi connectivity index (χ4n) is 3.98. The van der Waals surface area contributed by atoms with E-state index < -0.39 is 24.2 Å². The molecule has 1 aromatic heterocycles. The molecule has 1 amide bonds. The molecule has 0 bridgehead atoms. The molecule has 0 saturated carbocycles. The average Bonchev–Trinajstić information content (AvgIpc) is 3.27. The monoisotopic (exact) mass is 510 g/mol. The van der Waals surface area contributed by atoms with Crippen LogP contribution < -0.4 is 24.8 Å².